The summed E-state index contributed by atoms with van der Waals surface area (Å²) in [7, 11) is 4.56. The maximum atomic E-state index is 13.7. The van der Waals surface area contributed by atoms with Crippen molar-refractivity contribution in [3.05, 3.63) is 83.3 Å². The zero-order chi connectivity index (χ0) is 22.7. The molecule has 3 aromatic carbocycles. The molecule has 6 nitrogen and oxygen atoms in total. The number of hydrogen-bond acceptors (Lipinski definition) is 6. The Bertz CT molecular complexity index is 1210. The molecule has 1 heterocycles. The molecule has 0 saturated heterocycles. The van der Waals surface area contributed by atoms with E-state index in [-0.39, 0.29) is 0 Å². The Morgan fingerprint density at radius 1 is 0.719 bits per heavy atom. The van der Waals surface area contributed by atoms with Crippen molar-refractivity contribution >= 4 is 34.8 Å². The van der Waals surface area contributed by atoms with Gasteiger partial charge in [-0.2, -0.15) is 0 Å². The summed E-state index contributed by atoms with van der Waals surface area (Å²) in [5, 5.41) is 0. The van der Waals surface area contributed by atoms with Gasteiger partial charge in [0.15, 0.2) is 0 Å². The third-order valence-corrected chi connectivity index (χ3v) is 6.10. The van der Waals surface area contributed by atoms with Crippen molar-refractivity contribution in [1.82, 2.24) is 0 Å². The Morgan fingerprint density at radius 2 is 1.41 bits per heavy atom. The number of ether oxygens (including phenoxy) is 3. The predicted molar refractivity (Wildman–Crippen MR) is 124 cm³/mol. The fraction of sp³-hybridized carbons (Fsp3) is 0.120. The smallest absolute Gasteiger partial charge is 0.273 e. The fourth-order valence-corrected chi connectivity index (χ4v) is 4.49. The molecule has 0 spiro atoms. The molecular formula is C25H21NO5S. The molecule has 0 N–H and O–H groups in total. The van der Waals surface area contributed by atoms with Crippen LogP contribution in [0.4, 0.5) is 5.69 Å². The van der Waals surface area contributed by atoms with Gasteiger partial charge >= 0.3 is 0 Å². The van der Waals surface area contributed by atoms with Crippen LogP contribution in [0.2, 0.25) is 0 Å². The Hall–Kier alpha value is -3.71. The highest BCUT2D eigenvalue weighted by Crippen LogP contribution is 2.45. The van der Waals surface area contributed by atoms with E-state index < -0.39 is 11.8 Å². The summed E-state index contributed by atoms with van der Waals surface area (Å²) >= 11 is 1.25. The van der Waals surface area contributed by atoms with E-state index in [0.29, 0.717) is 39.0 Å². The number of methoxy groups -OCH3 is 3. The summed E-state index contributed by atoms with van der Waals surface area (Å²) in [6, 6.07) is 21.6. The van der Waals surface area contributed by atoms with Crippen LogP contribution in [0.15, 0.2) is 82.6 Å². The van der Waals surface area contributed by atoms with Crippen molar-refractivity contribution in [2.45, 2.75) is 4.90 Å². The largest absolute Gasteiger partial charge is 0.497 e. The van der Waals surface area contributed by atoms with Crippen LogP contribution >= 0.6 is 11.8 Å². The van der Waals surface area contributed by atoms with Crippen molar-refractivity contribution in [2.75, 3.05) is 26.2 Å². The summed E-state index contributed by atoms with van der Waals surface area (Å²) in [5.74, 6) is 0.561. The van der Waals surface area contributed by atoms with Gasteiger partial charge in [-0.3, -0.25) is 9.59 Å². The Kier molecular flexibility index (Phi) is 6.18. The minimum Gasteiger partial charge on any atom is -0.497 e. The Balaban J connectivity index is 1.87. The fourth-order valence-electron chi connectivity index (χ4n) is 3.49. The number of nitrogens with zero attached hydrogens (tertiary/aromatic N) is 1. The summed E-state index contributed by atoms with van der Waals surface area (Å²) in [6.07, 6.45) is 0. The molecule has 0 bridgehead atoms. The highest BCUT2D eigenvalue weighted by atomic mass is 32.2. The molecule has 7 heteroatoms. The molecule has 0 fully saturated rings. The molecule has 0 radical (unpaired) electrons. The average Bonchev–Trinajstić information content (AvgIpc) is 3.08. The first-order valence-corrected chi connectivity index (χ1v) is 10.6. The van der Waals surface area contributed by atoms with Gasteiger partial charge in [-0.25, -0.2) is 4.90 Å². The average molecular weight is 448 g/mol. The maximum Gasteiger partial charge on any atom is 0.273 e. The summed E-state index contributed by atoms with van der Waals surface area (Å²) in [4.78, 5) is 29.6. The molecule has 0 aromatic heterocycles. The number of anilines is 1. The first-order chi connectivity index (χ1) is 15.6. The lowest BCUT2D eigenvalue weighted by Crippen LogP contribution is -2.31. The van der Waals surface area contributed by atoms with E-state index in [1.807, 2.05) is 42.5 Å². The third kappa shape index (κ3) is 3.83. The molecule has 1 aliphatic heterocycles. The second kappa shape index (κ2) is 9.20. The zero-order valence-electron chi connectivity index (χ0n) is 17.8. The third-order valence-electron chi connectivity index (χ3n) is 5.01. The van der Waals surface area contributed by atoms with Crippen LogP contribution < -0.4 is 19.1 Å². The lowest BCUT2D eigenvalue weighted by Gasteiger charge is -2.19. The van der Waals surface area contributed by atoms with Gasteiger partial charge in [-0.15, -0.1) is 0 Å². The van der Waals surface area contributed by atoms with E-state index in [1.54, 1.807) is 30.3 Å². The number of carbonyl (C=O) groups excluding carboxylic acids is 2. The van der Waals surface area contributed by atoms with E-state index >= 15 is 0 Å². The summed E-state index contributed by atoms with van der Waals surface area (Å²) in [6.45, 7) is 0. The van der Waals surface area contributed by atoms with E-state index in [4.69, 9.17) is 14.2 Å². The molecular weight excluding hydrogens is 426 g/mol. The molecule has 162 valence electrons. The molecule has 32 heavy (non-hydrogen) atoms. The molecule has 1 aliphatic rings. The maximum absolute atomic E-state index is 13.7. The molecule has 2 amide bonds. The van der Waals surface area contributed by atoms with E-state index in [1.165, 1.54) is 33.1 Å². The number of amides is 2. The van der Waals surface area contributed by atoms with Crippen molar-refractivity contribution in [3.8, 4) is 17.2 Å². The quantitative estimate of drug-likeness (QED) is 0.485. The predicted octanol–water partition coefficient (Wildman–Crippen LogP) is 4.79. The van der Waals surface area contributed by atoms with Gasteiger partial charge in [0.2, 0.25) is 0 Å². The first-order valence-electron chi connectivity index (χ1n) is 9.80. The first kappa shape index (κ1) is 21.5. The standard InChI is InChI=1S/C25H21NO5S/c1-29-16-13-14-19(21(15-16)31-3)26-24(27)22(18-11-7-8-12-20(18)30-2)23(25(26)28)32-17-9-5-4-6-10-17/h4-15H,1-3H3. The van der Waals surface area contributed by atoms with Gasteiger partial charge in [-0.05, 0) is 30.3 Å². The molecule has 0 aliphatic carbocycles. The number of rotatable bonds is 7. The normalized spacial score (nSPS) is 13.5. The van der Waals surface area contributed by atoms with Crippen LogP contribution in [-0.2, 0) is 9.59 Å². The zero-order valence-corrected chi connectivity index (χ0v) is 18.6. The molecule has 0 unspecified atom stereocenters. The lowest BCUT2D eigenvalue weighted by molar-refractivity contribution is -0.119. The van der Waals surface area contributed by atoms with Crippen molar-refractivity contribution in [2.24, 2.45) is 0 Å². The Morgan fingerprint density at radius 3 is 2.09 bits per heavy atom. The summed E-state index contributed by atoms with van der Waals surface area (Å²) < 4.78 is 16.2. The minimum absolute atomic E-state index is 0.291. The van der Waals surface area contributed by atoms with Gasteiger partial charge in [0.05, 0.1) is 37.5 Å². The van der Waals surface area contributed by atoms with Gasteiger partial charge in [0, 0.05) is 16.5 Å². The lowest BCUT2D eigenvalue weighted by atomic mass is 10.0. The SMILES string of the molecule is COc1ccc(N2C(=O)C(Sc3ccccc3)=C(c3ccccc3OC)C2=O)c(OC)c1. The molecule has 0 saturated carbocycles. The number of para-hydroxylation sites is 1. The van der Waals surface area contributed by atoms with Crippen molar-refractivity contribution in [1.29, 1.82) is 0 Å². The molecule has 0 atom stereocenters. The monoisotopic (exact) mass is 447 g/mol. The van der Waals surface area contributed by atoms with Crippen LogP contribution in [0.5, 0.6) is 17.2 Å². The van der Waals surface area contributed by atoms with Gasteiger partial charge in [0.25, 0.3) is 11.8 Å². The highest BCUT2D eigenvalue weighted by Gasteiger charge is 2.42. The Labute approximate surface area is 190 Å². The van der Waals surface area contributed by atoms with Crippen molar-refractivity contribution in [3.63, 3.8) is 0 Å². The number of imide groups is 1. The van der Waals surface area contributed by atoms with Crippen LogP contribution in [0.3, 0.4) is 0 Å². The van der Waals surface area contributed by atoms with E-state index in [2.05, 4.69) is 0 Å². The van der Waals surface area contributed by atoms with E-state index in [0.717, 1.165) is 9.80 Å². The van der Waals surface area contributed by atoms with Crippen LogP contribution in [-0.4, -0.2) is 33.1 Å². The topological polar surface area (TPSA) is 65.1 Å². The van der Waals surface area contributed by atoms with Crippen LogP contribution in [0, 0.1) is 0 Å². The van der Waals surface area contributed by atoms with Gasteiger partial charge < -0.3 is 14.2 Å². The van der Waals surface area contributed by atoms with Gasteiger partial charge in [0.1, 0.15) is 17.2 Å². The second-order valence-electron chi connectivity index (χ2n) is 6.80. The number of benzene rings is 3. The van der Waals surface area contributed by atoms with E-state index in [9.17, 15) is 9.59 Å². The molecule has 3 aromatic rings. The second-order valence-corrected chi connectivity index (χ2v) is 7.89. The van der Waals surface area contributed by atoms with Crippen LogP contribution in [0.25, 0.3) is 5.57 Å². The van der Waals surface area contributed by atoms with Crippen LogP contribution in [0.1, 0.15) is 5.56 Å². The summed E-state index contributed by atoms with van der Waals surface area (Å²) in [5.41, 5.74) is 1.19. The van der Waals surface area contributed by atoms with Gasteiger partial charge in [-0.1, -0.05) is 48.2 Å². The van der Waals surface area contributed by atoms with Crippen molar-refractivity contribution < 1.29 is 23.8 Å². The molecule has 4 rings (SSSR count). The highest BCUT2D eigenvalue weighted by molar-refractivity contribution is 8.04. The number of thioether (sulfide) groups is 1. The number of carbonyl (C=O) groups is 2. The number of hydrogen-bond donors (Lipinski definition) is 0. The minimum atomic E-state index is -0.443.